The largest absolute Gasteiger partial charge is 0.481 e. The highest BCUT2D eigenvalue weighted by molar-refractivity contribution is 5.77. The summed E-state index contributed by atoms with van der Waals surface area (Å²) in [4.78, 5) is 24.7. The molecule has 3 N–H and O–H groups in total. The van der Waals surface area contributed by atoms with Crippen LogP contribution in [-0.2, 0) is 9.59 Å². The Kier molecular flexibility index (Phi) is 4.45. The van der Waals surface area contributed by atoms with E-state index >= 15 is 0 Å². The van der Waals surface area contributed by atoms with Crippen LogP contribution in [0.3, 0.4) is 0 Å². The van der Waals surface area contributed by atoms with E-state index in [9.17, 15) is 9.59 Å². The molecule has 1 amide bonds. The molecule has 5 nitrogen and oxygen atoms in total. The summed E-state index contributed by atoms with van der Waals surface area (Å²) >= 11 is 0. The second-order valence-electron chi connectivity index (χ2n) is 6.16. The smallest absolute Gasteiger partial charge is 0.303 e. The molecule has 2 rings (SSSR count). The van der Waals surface area contributed by atoms with E-state index in [1.54, 1.807) is 0 Å². The van der Waals surface area contributed by atoms with Gasteiger partial charge < -0.3 is 15.7 Å². The second kappa shape index (κ2) is 5.90. The number of amides is 1. The van der Waals surface area contributed by atoms with Gasteiger partial charge in [-0.15, -0.1) is 0 Å². The SMILES string of the molecule is NCC1(CC(=O)N2CCC(CCC(=O)O)C2)CCC1. The molecular weight excluding hydrogens is 244 g/mol. The lowest BCUT2D eigenvalue weighted by molar-refractivity contribution is -0.137. The summed E-state index contributed by atoms with van der Waals surface area (Å²) in [5, 5.41) is 8.68. The Hall–Kier alpha value is -1.10. The predicted molar refractivity (Wildman–Crippen MR) is 71.5 cm³/mol. The molecule has 0 spiro atoms. The summed E-state index contributed by atoms with van der Waals surface area (Å²) in [6.45, 7) is 2.12. The van der Waals surface area contributed by atoms with Crippen molar-refractivity contribution in [3.63, 3.8) is 0 Å². The minimum atomic E-state index is -0.749. The van der Waals surface area contributed by atoms with Crippen molar-refractivity contribution < 1.29 is 14.7 Å². The Balaban J connectivity index is 1.77. The summed E-state index contributed by atoms with van der Waals surface area (Å²) in [5.41, 5.74) is 5.85. The van der Waals surface area contributed by atoms with Crippen LogP contribution < -0.4 is 5.73 Å². The number of aliphatic carboxylic acids is 1. The van der Waals surface area contributed by atoms with Gasteiger partial charge in [0.15, 0.2) is 0 Å². The zero-order chi connectivity index (χ0) is 13.9. The van der Waals surface area contributed by atoms with Crippen molar-refractivity contribution in [1.82, 2.24) is 4.90 Å². The van der Waals surface area contributed by atoms with Gasteiger partial charge in [-0.25, -0.2) is 0 Å². The fraction of sp³-hybridized carbons (Fsp3) is 0.857. The van der Waals surface area contributed by atoms with Crippen molar-refractivity contribution in [1.29, 1.82) is 0 Å². The first-order valence-corrected chi connectivity index (χ1v) is 7.24. The highest BCUT2D eigenvalue weighted by Crippen LogP contribution is 2.43. The quantitative estimate of drug-likeness (QED) is 0.758. The fourth-order valence-corrected chi connectivity index (χ4v) is 3.18. The molecule has 108 valence electrons. The maximum absolute atomic E-state index is 12.3. The molecular formula is C14H24N2O3. The van der Waals surface area contributed by atoms with E-state index < -0.39 is 5.97 Å². The number of likely N-dealkylation sites (tertiary alicyclic amines) is 1. The summed E-state index contributed by atoms with van der Waals surface area (Å²) in [6, 6.07) is 0. The van der Waals surface area contributed by atoms with E-state index in [0.717, 1.165) is 32.4 Å². The predicted octanol–water partition coefficient (Wildman–Crippen LogP) is 1.22. The molecule has 2 fully saturated rings. The molecule has 5 heteroatoms. The van der Waals surface area contributed by atoms with Gasteiger partial charge in [0, 0.05) is 25.9 Å². The van der Waals surface area contributed by atoms with Gasteiger partial charge in [-0.2, -0.15) is 0 Å². The molecule has 1 saturated carbocycles. The van der Waals surface area contributed by atoms with Gasteiger partial charge in [-0.1, -0.05) is 6.42 Å². The third-order valence-electron chi connectivity index (χ3n) is 4.78. The number of nitrogens with two attached hydrogens (primary N) is 1. The number of rotatable bonds is 6. The lowest BCUT2D eigenvalue weighted by atomic mass is 9.66. The minimum absolute atomic E-state index is 0.0657. The van der Waals surface area contributed by atoms with Gasteiger partial charge in [0.25, 0.3) is 0 Å². The van der Waals surface area contributed by atoms with E-state index in [0.29, 0.717) is 25.3 Å². The lowest BCUT2D eigenvalue weighted by Gasteiger charge is -2.41. The third-order valence-corrected chi connectivity index (χ3v) is 4.78. The number of carbonyl (C=O) groups is 2. The Morgan fingerprint density at radius 1 is 1.37 bits per heavy atom. The molecule has 1 atom stereocenters. The lowest BCUT2D eigenvalue weighted by Crippen LogP contribution is -2.42. The average molecular weight is 268 g/mol. The molecule has 0 aromatic heterocycles. The van der Waals surface area contributed by atoms with E-state index in [1.807, 2.05) is 4.90 Å². The van der Waals surface area contributed by atoms with Crippen LogP contribution in [0.5, 0.6) is 0 Å². The minimum Gasteiger partial charge on any atom is -0.481 e. The van der Waals surface area contributed by atoms with E-state index in [-0.39, 0.29) is 17.7 Å². The maximum atomic E-state index is 12.3. The van der Waals surface area contributed by atoms with Crippen molar-refractivity contribution in [3.8, 4) is 0 Å². The summed E-state index contributed by atoms with van der Waals surface area (Å²) in [7, 11) is 0. The number of carboxylic acid groups (broad SMARTS) is 1. The topological polar surface area (TPSA) is 83.6 Å². The Morgan fingerprint density at radius 3 is 2.63 bits per heavy atom. The van der Waals surface area contributed by atoms with Gasteiger partial charge in [0.2, 0.25) is 5.91 Å². The van der Waals surface area contributed by atoms with Gasteiger partial charge >= 0.3 is 5.97 Å². The van der Waals surface area contributed by atoms with Gasteiger partial charge in [0.1, 0.15) is 0 Å². The molecule has 1 unspecified atom stereocenters. The summed E-state index contributed by atoms with van der Waals surface area (Å²) < 4.78 is 0. The molecule has 1 heterocycles. The first-order valence-electron chi connectivity index (χ1n) is 7.24. The van der Waals surface area contributed by atoms with Crippen LogP contribution in [-0.4, -0.2) is 41.5 Å². The monoisotopic (exact) mass is 268 g/mol. The number of carboxylic acids is 1. The van der Waals surface area contributed by atoms with Crippen molar-refractivity contribution in [2.24, 2.45) is 17.1 Å². The molecule has 0 aromatic carbocycles. The van der Waals surface area contributed by atoms with E-state index in [4.69, 9.17) is 10.8 Å². The second-order valence-corrected chi connectivity index (χ2v) is 6.16. The number of carbonyl (C=O) groups excluding carboxylic acids is 1. The average Bonchev–Trinajstić information content (AvgIpc) is 2.80. The van der Waals surface area contributed by atoms with Crippen LogP contribution in [0.1, 0.15) is 44.9 Å². The van der Waals surface area contributed by atoms with Crippen LogP contribution in [0.2, 0.25) is 0 Å². The first-order chi connectivity index (χ1) is 9.04. The van der Waals surface area contributed by atoms with Crippen molar-refractivity contribution in [2.75, 3.05) is 19.6 Å². The normalized spacial score (nSPS) is 25.1. The van der Waals surface area contributed by atoms with Gasteiger partial charge in [-0.3, -0.25) is 9.59 Å². The van der Waals surface area contributed by atoms with Crippen molar-refractivity contribution in [3.05, 3.63) is 0 Å². The van der Waals surface area contributed by atoms with Crippen LogP contribution in [0.15, 0.2) is 0 Å². The molecule has 1 aliphatic carbocycles. The molecule has 0 bridgehead atoms. The zero-order valence-electron chi connectivity index (χ0n) is 11.4. The molecule has 19 heavy (non-hydrogen) atoms. The maximum Gasteiger partial charge on any atom is 0.303 e. The summed E-state index contributed by atoms with van der Waals surface area (Å²) in [5.74, 6) is -0.181. The van der Waals surface area contributed by atoms with E-state index in [2.05, 4.69) is 0 Å². The third kappa shape index (κ3) is 3.47. The standard InChI is InChI=1S/C14H24N2O3/c15-10-14(5-1-6-14)8-12(17)16-7-4-11(9-16)2-3-13(18)19/h11H,1-10,15H2,(H,18,19). The molecule has 1 saturated heterocycles. The molecule has 0 aromatic rings. The molecule has 1 aliphatic heterocycles. The van der Waals surface area contributed by atoms with Crippen LogP contribution in [0.25, 0.3) is 0 Å². The van der Waals surface area contributed by atoms with Crippen molar-refractivity contribution >= 4 is 11.9 Å². The molecule has 2 aliphatic rings. The Labute approximate surface area is 114 Å². The van der Waals surface area contributed by atoms with Crippen molar-refractivity contribution in [2.45, 2.75) is 44.9 Å². The highest BCUT2D eigenvalue weighted by Gasteiger charge is 2.39. The number of hydrogen-bond acceptors (Lipinski definition) is 3. The molecule has 0 radical (unpaired) electrons. The van der Waals surface area contributed by atoms with E-state index in [1.165, 1.54) is 6.42 Å². The summed E-state index contributed by atoms with van der Waals surface area (Å²) in [6.07, 6.45) is 5.74. The van der Waals surface area contributed by atoms with Crippen LogP contribution >= 0.6 is 0 Å². The van der Waals surface area contributed by atoms with Gasteiger partial charge in [0.05, 0.1) is 0 Å². The zero-order valence-corrected chi connectivity index (χ0v) is 11.4. The van der Waals surface area contributed by atoms with Crippen LogP contribution in [0.4, 0.5) is 0 Å². The Morgan fingerprint density at radius 2 is 2.11 bits per heavy atom. The van der Waals surface area contributed by atoms with Gasteiger partial charge in [-0.05, 0) is 43.6 Å². The number of nitrogens with zero attached hydrogens (tertiary/aromatic N) is 1. The highest BCUT2D eigenvalue weighted by atomic mass is 16.4. The fourth-order valence-electron chi connectivity index (χ4n) is 3.18. The Bertz CT molecular complexity index is 347. The van der Waals surface area contributed by atoms with Crippen LogP contribution in [0, 0.1) is 11.3 Å². The number of hydrogen-bond donors (Lipinski definition) is 2. The first kappa shape index (κ1) is 14.3.